The van der Waals surface area contributed by atoms with E-state index in [4.69, 9.17) is 4.84 Å². The molecule has 0 spiro atoms. The number of carbonyl (C=O) groups excluding carboxylic acids is 3. The van der Waals surface area contributed by atoms with E-state index in [1.165, 1.54) is 11.1 Å². The van der Waals surface area contributed by atoms with Gasteiger partial charge in [0.25, 0.3) is 11.8 Å². The highest BCUT2D eigenvalue weighted by Gasteiger charge is 2.37. The van der Waals surface area contributed by atoms with Gasteiger partial charge in [-0.25, -0.2) is 5.06 Å². The first kappa shape index (κ1) is 27.6. The molecule has 2 N–H and O–H groups in total. The number of hydrogen-bond donors (Lipinski definition) is 2. The van der Waals surface area contributed by atoms with Gasteiger partial charge >= 0.3 is 6.18 Å². The second-order valence-electron chi connectivity index (χ2n) is 9.68. The Labute approximate surface area is 219 Å². The summed E-state index contributed by atoms with van der Waals surface area (Å²) in [4.78, 5) is 45.1. The molecule has 4 rings (SSSR count). The molecule has 1 aromatic carbocycles. The minimum atomic E-state index is -4.55. The molecule has 3 aliphatic rings. The predicted octanol–water partition coefficient (Wildman–Crippen LogP) is 2.99. The number of allylic oxidation sites excluding steroid dienone is 2. The van der Waals surface area contributed by atoms with Crippen LogP contribution in [0.15, 0.2) is 60.7 Å². The van der Waals surface area contributed by atoms with Crippen molar-refractivity contribution in [3.8, 4) is 0 Å². The third kappa shape index (κ3) is 6.90. The van der Waals surface area contributed by atoms with Gasteiger partial charge in [-0.1, -0.05) is 30.9 Å². The van der Waals surface area contributed by atoms with Gasteiger partial charge in [0.2, 0.25) is 5.91 Å². The maximum atomic E-state index is 12.8. The van der Waals surface area contributed by atoms with Gasteiger partial charge in [-0.3, -0.25) is 24.1 Å². The average molecular weight is 533 g/mol. The summed E-state index contributed by atoms with van der Waals surface area (Å²) in [5.74, 6) is -1.36. The van der Waals surface area contributed by atoms with E-state index < -0.39 is 23.6 Å². The molecule has 1 aliphatic carbocycles. The highest BCUT2D eigenvalue weighted by molar-refractivity contribution is 5.96. The van der Waals surface area contributed by atoms with Gasteiger partial charge in [-0.15, -0.1) is 0 Å². The van der Waals surface area contributed by atoms with Crippen molar-refractivity contribution < 1.29 is 32.4 Å². The summed E-state index contributed by atoms with van der Waals surface area (Å²) in [5.41, 5.74) is -0.700. The Morgan fingerprint density at radius 2 is 1.79 bits per heavy atom. The van der Waals surface area contributed by atoms with Crippen LogP contribution < -0.4 is 10.6 Å². The number of hydrogen-bond acceptors (Lipinski definition) is 5. The molecular weight excluding hydrogens is 501 g/mol. The molecule has 11 heteroatoms. The molecule has 3 amide bonds. The van der Waals surface area contributed by atoms with Gasteiger partial charge in [0.05, 0.1) is 30.8 Å². The average Bonchev–Trinajstić information content (AvgIpc) is 2.95. The third-order valence-corrected chi connectivity index (χ3v) is 6.98. The van der Waals surface area contributed by atoms with Gasteiger partial charge in [0.1, 0.15) is 0 Å². The molecule has 1 saturated carbocycles. The quantitative estimate of drug-likeness (QED) is 0.550. The molecule has 38 heavy (non-hydrogen) atoms. The molecule has 0 radical (unpaired) electrons. The zero-order valence-corrected chi connectivity index (χ0v) is 20.9. The maximum Gasteiger partial charge on any atom is 0.416 e. The number of amides is 3. The van der Waals surface area contributed by atoms with Crippen LogP contribution in [0.1, 0.15) is 41.6 Å². The second kappa shape index (κ2) is 12.0. The zero-order chi connectivity index (χ0) is 27.3. The van der Waals surface area contributed by atoms with E-state index in [-0.39, 0.29) is 30.1 Å². The van der Waals surface area contributed by atoms with E-state index in [9.17, 15) is 27.6 Å². The molecular formula is C27H31F3N4O4. The molecule has 1 aromatic rings. The van der Waals surface area contributed by atoms with Crippen LogP contribution in [0.4, 0.5) is 13.2 Å². The van der Waals surface area contributed by atoms with Gasteiger partial charge in [0.15, 0.2) is 0 Å². The Kier molecular flexibility index (Phi) is 8.68. The van der Waals surface area contributed by atoms with Crippen molar-refractivity contribution in [2.24, 2.45) is 0 Å². The van der Waals surface area contributed by atoms with Crippen molar-refractivity contribution in [2.75, 3.05) is 26.2 Å². The standard InChI is InChI=1S/C27H31F3N4O4/c1-18-6-3-2-4-13-38-34(26(18)37)23-11-9-22(10-12-23)33-16-21(17-33)32-24(35)15-31-25(36)19-7-5-8-20(14-19)27(28,29)30/h2-8,14,21-23H,1,9-13,15-17H2,(H,31,36)(H,32,35)/b4-2-,6-3-/t22-,23+. The van der Waals surface area contributed by atoms with Crippen LogP contribution in [0, 0.1) is 0 Å². The largest absolute Gasteiger partial charge is 0.416 e. The minimum Gasteiger partial charge on any atom is -0.349 e. The Balaban J connectivity index is 1.17. The van der Waals surface area contributed by atoms with E-state index in [1.54, 1.807) is 12.2 Å². The summed E-state index contributed by atoms with van der Waals surface area (Å²) >= 11 is 0. The molecule has 0 aromatic heterocycles. The number of nitrogens with zero attached hydrogens (tertiary/aromatic N) is 2. The van der Waals surface area contributed by atoms with Gasteiger partial charge in [-0.05, 0) is 50.0 Å². The molecule has 2 aliphatic heterocycles. The Morgan fingerprint density at radius 1 is 1.08 bits per heavy atom. The van der Waals surface area contributed by atoms with Crippen LogP contribution in [0.2, 0.25) is 0 Å². The second-order valence-corrected chi connectivity index (χ2v) is 9.68. The molecule has 8 nitrogen and oxygen atoms in total. The van der Waals surface area contributed by atoms with Crippen LogP contribution in [-0.2, 0) is 20.6 Å². The summed E-state index contributed by atoms with van der Waals surface area (Å²) in [6.07, 6.45) is 5.94. The maximum absolute atomic E-state index is 12.8. The first-order valence-electron chi connectivity index (χ1n) is 12.6. The number of nitrogens with one attached hydrogen (secondary N) is 2. The van der Waals surface area contributed by atoms with Gasteiger partial charge in [0, 0.05) is 30.3 Å². The number of hydroxylamine groups is 2. The Bertz CT molecular complexity index is 1120. The lowest BCUT2D eigenvalue weighted by Crippen LogP contribution is -2.63. The van der Waals surface area contributed by atoms with Crippen LogP contribution in [0.25, 0.3) is 0 Å². The summed E-state index contributed by atoms with van der Waals surface area (Å²) in [7, 11) is 0. The smallest absolute Gasteiger partial charge is 0.349 e. The fraction of sp³-hybridized carbons (Fsp3) is 0.444. The number of benzene rings is 1. The van der Waals surface area contributed by atoms with Crippen molar-refractivity contribution in [3.63, 3.8) is 0 Å². The lowest BCUT2D eigenvalue weighted by atomic mass is 9.87. The summed E-state index contributed by atoms with van der Waals surface area (Å²) < 4.78 is 38.5. The molecule has 2 heterocycles. The number of alkyl halides is 3. The molecule has 0 bridgehead atoms. The van der Waals surface area contributed by atoms with Crippen molar-refractivity contribution in [2.45, 2.75) is 50.0 Å². The number of rotatable bonds is 6. The van der Waals surface area contributed by atoms with Crippen LogP contribution in [-0.4, -0.2) is 72.1 Å². The molecule has 2 fully saturated rings. The SMILES string of the molecule is C=C1/C=C\C=C/CON([C@H]2CC[C@@H](N3CC(NC(=O)CNC(=O)c4cccc(C(F)(F)F)c4)C3)CC2)C1=O. The monoisotopic (exact) mass is 532 g/mol. The van der Waals surface area contributed by atoms with E-state index in [0.717, 1.165) is 43.9 Å². The summed E-state index contributed by atoms with van der Waals surface area (Å²) in [6.45, 7) is 5.18. The third-order valence-electron chi connectivity index (χ3n) is 6.98. The minimum absolute atomic E-state index is 0.0207. The molecule has 0 atom stereocenters. The van der Waals surface area contributed by atoms with Crippen molar-refractivity contribution in [1.29, 1.82) is 0 Å². The highest BCUT2D eigenvalue weighted by Crippen LogP contribution is 2.31. The predicted molar refractivity (Wildman–Crippen MR) is 134 cm³/mol. The molecule has 1 saturated heterocycles. The fourth-order valence-corrected chi connectivity index (χ4v) is 4.91. The topological polar surface area (TPSA) is 91.0 Å². The van der Waals surface area contributed by atoms with Crippen molar-refractivity contribution in [1.82, 2.24) is 20.6 Å². The van der Waals surface area contributed by atoms with E-state index in [1.807, 2.05) is 12.2 Å². The number of halogens is 3. The first-order valence-corrected chi connectivity index (χ1v) is 12.6. The van der Waals surface area contributed by atoms with Gasteiger partial charge in [-0.2, -0.15) is 13.2 Å². The Hall–Kier alpha value is -3.44. The lowest BCUT2D eigenvalue weighted by molar-refractivity contribution is -0.195. The van der Waals surface area contributed by atoms with E-state index in [0.29, 0.717) is 31.3 Å². The molecule has 0 unspecified atom stereocenters. The normalized spacial score (nSPS) is 25.0. The van der Waals surface area contributed by atoms with E-state index in [2.05, 4.69) is 22.1 Å². The number of likely N-dealkylation sites (tertiary alicyclic amines) is 1. The zero-order valence-electron chi connectivity index (χ0n) is 20.9. The van der Waals surface area contributed by atoms with Crippen molar-refractivity contribution in [3.05, 3.63) is 71.8 Å². The van der Waals surface area contributed by atoms with Gasteiger partial charge < -0.3 is 10.6 Å². The van der Waals surface area contributed by atoms with Crippen LogP contribution in [0.5, 0.6) is 0 Å². The Morgan fingerprint density at radius 3 is 2.50 bits per heavy atom. The summed E-state index contributed by atoms with van der Waals surface area (Å²) in [5, 5.41) is 6.68. The fourth-order valence-electron chi connectivity index (χ4n) is 4.91. The molecule has 204 valence electrons. The van der Waals surface area contributed by atoms with Crippen LogP contribution in [0.3, 0.4) is 0 Å². The summed E-state index contributed by atoms with van der Waals surface area (Å²) in [6, 6.07) is 4.33. The first-order chi connectivity index (χ1) is 18.1. The lowest BCUT2D eigenvalue weighted by Gasteiger charge is -2.47. The van der Waals surface area contributed by atoms with Crippen LogP contribution >= 0.6 is 0 Å². The number of carbonyl (C=O) groups is 3. The highest BCUT2D eigenvalue weighted by atomic mass is 19.4. The van der Waals surface area contributed by atoms with E-state index >= 15 is 0 Å². The van der Waals surface area contributed by atoms with Crippen molar-refractivity contribution >= 4 is 17.7 Å².